The maximum Gasteiger partial charge on any atom is 0.259 e. The molecule has 0 spiro atoms. The molecule has 1 N–H and O–H groups in total. The van der Waals surface area contributed by atoms with Crippen LogP contribution in [0.25, 0.3) is 0 Å². The molecule has 0 heterocycles. The summed E-state index contributed by atoms with van der Waals surface area (Å²) >= 11 is 0. The lowest BCUT2D eigenvalue weighted by Crippen LogP contribution is -2.14. The van der Waals surface area contributed by atoms with Gasteiger partial charge in [0.1, 0.15) is 11.5 Å². The fourth-order valence-corrected chi connectivity index (χ4v) is 2.03. The zero-order chi connectivity index (χ0) is 15.2. The molecule has 0 bridgehead atoms. The number of methoxy groups -OCH3 is 1. The third-order valence-electron chi connectivity index (χ3n) is 3.04. The van der Waals surface area contributed by atoms with Gasteiger partial charge in [0.25, 0.3) is 5.91 Å². The number of para-hydroxylation sites is 1. The second-order valence-corrected chi connectivity index (χ2v) is 4.59. The van der Waals surface area contributed by atoms with E-state index >= 15 is 0 Å². The summed E-state index contributed by atoms with van der Waals surface area (Å²) in [5.74, 6) is 0.984. The van der Waals surface area contributed by atoms with Crippen molar-refractivity contribution < 1.29 is 14.3 Å². The van der Waals surface area contributed by atoms with E-state index in [9.17, 15) is 4.79 Å². The highest BCUT2D eigenvalue weighted by atomic mass is 16.5. The molecule has 0 radical (unpaired) electrons. The van der Waals surface area contributed by atoms with Crippen LogP contribution in [0.5, 0.6) is 11.5 Å². The zero-order valence-corrected chi connectivity index (χ0v) is 12.5. The first kappa shape index (κ1) is 14.9. The number of benzene rings is 2. The minimum atomic E-state index is -0.225. The second kappa shape index (κ2) is 6.79. The van der Waals surface area contributed by atoms with E-state index in [-0.39, 0.29) is 5.91 Å². The molecule has 2 aromatic carbocycles. The van der Waals surface area contributed by atoms with Crippen molar-refractivity contribution >= 4 is 11.6 Å². The highest BCUT2D eigenvalue weighted by Crippen LogP contribution is 2.27. The lowest BCUT2D eigenvalue weighted by molar-refractivity contribution is 0.102. The second-order valence-electron chi connectivity index (χ2n) is 4.59. The minimum absolute atomic E-state index is 0.225. The van der Waals surface area contributed by atoms with Crippen LogP contribution in [0.1, 0.15) is 22.8 Å². The van der Waals surface area contributed by atoms with E-state index in [0.29, 0.717) is 29.4 Å². The molecule has 2 rings (SSSR count). The molecular weight excluding hydrogens is 266 g/mol. The largest absolute Gasteiger partial charge is 0.496 e. The van der Waals surface area contributed by atoms with E-state index < -0.39 is 0 Å². The van der Waals surface area contributed by atoms with Crippen molar-refractivity contribution in [2.24, 2.45) is 0 Å². The van der Waals surface area contributed by atoms with Gasteiger partial charge in [-0.25, -0.2) is 0 Å². The van der Waals surface area contributed by atoms with E-state index in [1.807, 2.05) is 38.1 Å². The van der Waals surface area contributed by atoms with Crippen molar-refractivity contribution in [2.45, 2.75) is 13.8 Å². The third kappa shape index (κ3) is 3.54. The Labute approximate surface area is 124 Å². The summed E-state index contributed by atoms with van der Waals surface area (Å²) < 4.78 is 10.8. The molecule has 0 fully saturated rings. The summed E-state index contributed by atoms with van der Waals surface area (Å²) in [4.78, 5) is 12.4. The van der Waals surface area contributed by atoms with E-state index in [1.54, 1.807) is 25.3 Å². The van der Waals surface area contributed by atoms with Crippen LogP contribution in [0, 0.1) is 6.92 Å². The van der Waals surface area contributed by atoms with Crippen molar-refractivity contribution in [1.29, 1.82) is 0 Å². The predicted octanol–water partition coefficient (Wildman–Crippen LogP) is 3.65. The zero-order valence-electron chi connectivity index (χ0n) is 12.5. The van der Waals surface area contributed by atoms with Crippen LogP contribution in [-0.4, -0.2) is 19.6 Å². The fraction of sp³-hybridized carbons (Fsp3) is 0.235. The van der Waals surface area contributed by atoms with Gasteiger partial charge < -0.3 is 14.8 Å². The van der Waals surface area contributed by atoms with Gasteiger partial charge in [-0.05, 0) is 43.7 Å². The van der Waals surface area contributed by atoms with Crippen LogP contribution in [0.2, 0.25) is 0 Å². The summed E-state index contributed by atoms with van der Waals surface area (Å²) in [6, 6.07) is 12.8. The Balaban J connectivity index is 2.27. The van der Waals surface area contributed by atoms with Crippen LogP contribution in [0.15, 0.2) is 42.5 Å². The smallest absolute Gasteiger partial charge is 0.259 e. The highest BCUT2D eigenvalue weighted by molar-refractivity contribution is 6.06. The van der Waals surface area contributed by atoms with Gasteiger partial charge in [-0.3, -0.25) is 4.79 Å². The molecule has 2 aromatic rings. The summed E-state index contributed by atoms with van der Waals surface area (Å²) in [5.41, 5.74) is 2.22. The Morgan fingerprint density at radius 1 is 1.14 bits per heavy atom. The highest BCUT2D eigenvalue weighted by Gasteiger charge is 2.14. The molecule has 110 valence electrons. The van der Waals surface area contributed by atoms with Crippen LogP contribution in [0.4, 0.5) is 5.69 Å². The molecule has 0 saturated heterocycles. The van der Waals surface area contributed by atoms with Crippen molar-refractivity contribution in [3.8, 4) is 11.5 Å². The van der Waals surface area contributed by atoms with Gasteiger partial charge in [0.05, 0.1) is 25.0 Å². The summed E-state index contributed by atoms with van der Waals surface area (Å²) in [6.45, 7) is 4.43. The SMILES string of the molecule is CCOc1cc(C)ccc1NC(=O)c1ccccc1OC. The maximum atomic E-state index is 12.4. The topological polar surface area (TPSA) is 47.6 Å². The van der Waals surface area contributed by atoms with Crippen molar-refractivity contribution in [3.63, 3.8) is 0 Å². The van der Waals surface area contributed by atoms with E-state index in [2.05, 4.69) is 5.32 Å². The first-order valence-corrected chi connectivity index (χ1v) is 6.83. The number of nitrogens with one attached hydrogen (secondary N) is 1. The number of carbonyl (C=O) groups excluding carboxylic acids is 1. The number of hydrogen-bond donors (Lipinski definition) is 1. The Hall–Kier alpha value is -2.49. The lowest BCUT2D eigenvalue weighted by atomic mass is 10.1. The van der Waals surface area contributed by atoms with Crippen molar-refractivity contribution in [3.05, 3.63) is 53.6 Å². The van der Waals surface area contributed by atoms with Gasteiger partial charge in [0.15, 0.2) is 0 Å². The molecule has 0 atom stereocenters. The van der Waals surface area contributed by atoms with Crippen LogP contribution in [-0.2, 0) is 0 Å². The molecule has 21 heavy (non-hydrogen) atoms. The van der Waals surface area contributed by atoms with Crippen LogP contribution in [0.3, 0.4) is 0 Å². The summed E-state index contributed by atoms with van der Waals surface area (Å²) in [5, 5.41) is 2.87. The Morgan fingerprint density at radius 2 is 1.90 bits per heavy atom. The average Bonchev–Trinajstić information content (AvgIpc) is 2.50. The van der Waals surface area contributed by atoms with E-state index in [0.717, 1.165) is 5.56 Å². The molecule has 0 unspecified atom stereocenters. The van der Waals surface area contributed by atoms with E-state index in [4.69, 9.17) is 9.47 Å². The number of hydrogen-bond acceptors (Lipinski definition) is 3. The van der Waals surface area contributed by atoms with Gasteiger partial charge in [0, 0.05) is 0 Å². The minimum Gasteiger partial charge on any atom is -0.496 e. The van der Waals surface area contributed by atoms with Gasteiger partial charge >= 0.3 is 0 Å². The standard InChI is InChI=1S/C17H19NO3/c1-4-21-16-11-12(2)9-10-14(16)18-17(19)13-7-5-6-8-15(13)20-3/h5-11H,4H2,1-3H3,(H,18,19). The first-order chi connectivity index (χ1) is 10.2. The Bertz CT molecular complexity index is 638. The molecule has 4 nitrogen and oxygen atoms in total. The predicted molar refractivity (Wildman–Crippen MR) is 83.3 cm³/mol. The fourth-order valence-electron chi connectivity index (χ4n) is 2.03. The lowest BCUT2D eigenvalue weighted by Gasteiger charge is -2.13. The number of aryl methyl sites for hydroxylation is 1. The third-order valence-corrected chi connectivity index (χ3v) is 3.04. The van der Waals surface area contributed by atoms with Gasteiger partial charge in [-0.1, -0.05) is 18.2 Å². The maximum absolute atomic E-state index is 12.4. The number of amides is 1. The van der Waals surface area contributed by atoms with Crippen LogP contribution < -0.4 is 14.8 Å². The molecular formula is C17H19NO3. The Kier molecular flexibility index (Phi) is 4.82. The van der Waals surface area contributed by atoms with Crippen molar-refractivity contribution in [2.75, 3.05) is 19.0 Å². The monoisotopic (exact) mass is 285 g/mol. The molecule has 1 amide bonds. The van der Waals surface area contributed by atoms with Crippen LogP contribution >= 0.6 is 0 Å². The van der Waals surface area contributed by atoms with E-state index in [1.165, 1.54) is 0 Å². The summed E-state index contributed by atoms with van der Waals surface area (Å²) in [6.07, 6.45) is 0. The normalized spacial score (nSPS) is 10.0. The average molecular weight is 285 g/mol. The van der Waals surface area contributed by atoms with Crippen molar-refractivity contribution in [1.82, 2.24) is 0 Å². The summed E-state index contributed by atoms with van der Waals surface area (Å²) in [7, 11) is 1.55. The molecule has 0 aliphatic heterocycles. The number of carbonyl (C=O) groups is 1. The molecule has 4 heteroatoms. The first-order valence-electron chi connectivity index (χ1n) is 6.83. The molecule has 0 aliphatic rings. The molecule has 0 aliphatic carbocycles. The van der Waals surface area contributed by atoms with Gasteiger partial charge in [-0.15, -0.1) is 0 Å². The number of rotatable bonds is 5. The van der Waals surface area contributed by atoms with Gasteiger partial charge in [0.2, 0.25) is 0 Å². The molecule has 0 aromatic heterocycles. The quantitative estimate of drug-likeness (QED) is 0.912. The number of ether oxygens (including phenoxy) is 2. The Morgan fingerprint density at radius 3 is 2.62 bits per heavy atom. The molecule has 0 saturated carbocycles. The number of anilines is 1. The van der Waals surface area contributed by atoms with Gasteiger partial charge in [-0.2, -0.15) is 0 Å².